The van der Waals surface area contributed by atoms with Gasteiger partial charge in [-0.1, -0.05) is 146 Å². The summed E-state index contributed by atoms with van der Waals surface area (Å²) in [5.74, 6) is 1.97. The van der Waals surface area contributed by atoms with Crippen LogP contribution in [0.4, 0.5) is 0 Å². The summed E-state index contributed by atoms with van der Waals surface area (Å²) in [7, 11) is 0. The van der Waals surface area contributed by atoms with Gasteiger partial charge in [0.25, 0.3) is 0 Å². The van der Waals surface area contributed by atoms with Gasteiger partial charge in [0.15, 0.2) is 17.5 Å². The fourth-order valence-electron chi connectivity index (χ4n) is 5.95. The molecule has 1 heterocycles. The molecule has 0 atom stereocenters. The summed E-state index contributed by atoms with van der Waals surface area (Å²) in [5.41, 5.74) is 5.20. The maximum absolute atomic E-state index is 5.20. The van der Waals surface area contributed by atoms with Crippen LogP contribution in [0.5, 0.6) is 0 Å². The van der Waals surface area contributed by atoms with Gasteiger partial charge in [0.05, 0.1) is 0 Å². The van der Waals surface area contributed by atoms with Crippen molar-refractivity contribution in [1.82, 2.24) is 15.0 Å². The molecule has 0 unspecified atom stereocenters. The van der Waals surface area contributed by atoms with E-state index in [1.807, 2.05) is 18.2 Å². The van der Waals surface area contributed by atoms with Gasteiger partial charge in [-0.15, -0.1) is 0 Å². The van der Waals surface area contributed by atoms with Crippen LogP contribution in [0.15, 0.2) is 152 Å². The molecule has 3 heteroatoms. The first-order valence-electron chi connectivity index (χ1n) is 14.1. The maximum atomic E-state index is 5.20. The highest BCUT2D eigenvalue weighted by atomic mass is 15.0. The Bertz CT molecular complexity index is 2240. The van der Waals surface area contributed by atoms with E-state index >= 15 is 0 Å². The van der Waals surface area contributed by atoms with Crippen molar-refractivity contribution in [2.24, 2.45) is 0 Å². The Morgan fingerprint density at radius 3 is 1.45 bits per heavy atom. The molecule has 0 aliphatic heterocycles. The van der Waals surface area contributed by atoms with E-state index in [-0.39, 0.29) is 0 Å². The quantitative estimate of drug-likeness (QED) is 0.225. The third-order valence-electron chi connectivity index (χ3n) is 7.93. The number of aromatic nitrogens is 3. The van der Waals surface area contributed by atoms with Crippen LogP contribution in [-0.4, -0.2) is 15.0 Å². The van der Waals surface area contributed by atoms with E-state index < -0.39 is 0 Å². The fraction of sp³-hybridized carbons (Fsp3) is 0. The van der Waals surface area contributed by atoms with Crippen molar-refractivity contribution in [3.05, 3.63) is 152 Å². The van der Waals surface area contributed by atoms with Gasteiger partial charge in [-0.2, -0.15) is 0 Å². The van der Waals surface area contributed by atoms with Crippen LogP contribution in [0.3, 0.4) is 0 Å². The number of rotatable bonds is 4. The summed E-state index contributed by atoms with van der Waals surface area (Å²) < 4.78 is 0. The molecular formula is C39H25N3. The monoisotopic (exact) mass is 535 g/mol. The lowest BCUT2D eigenvalue weighted by Gasteiger charge is -2.16. The van der Waals surface area contributed by atoms with Gasteiger partial charge in [-0.05, 0) is 43.9 Å². The van der Waals surface area contributed by atoms with Crippen molar-refractivity contribution in [3.63, 3.8) is 0 Å². The van der Waals surface area contributed by atoms with Crippen molar-refractivity contribution < 1.29 is 0 Å². The normalized spacial score (nSPS) is 11.3. The van der Waals surface area contributed by atoms with Crippen LogP contribution in [-0.2, 0) is 0 Å². The van der Waals surface area contributed by atoms with Gasteiger partial charge in [-0.25, -0.2) is 15.0 Å². The van der Waals surface area contributed by atoms with E-state index in [2.05, 4.69) is 133 Å². The van der Waals surface area contributed by atoms with Gasteiger partial charge < -0.3 is 0 Å². The molecule has 0 saturated heterocycles. The predicted octanol–water partition coefficient (Wildman–Crippen LogP) is 10.00. The van der Waals surface area contributed by atoms with Crippen LogP contribution in [0.2, 0.25) is 0 Å². The van der Waals surface area contributed by atoms with Gasteiger partial charge in [-0.3, -0.25) is 0 Å². The highest BCUT2D eigenvalue weighted by molar-refractivity contribution is 6.10. The minimum atomic E-state index is 0.653. The minimum Gasteiger partial charge on any atom is -0.208 e. The molecule has 0 fully saturated rings. The first-order chi connectivity index (χ1) is 20.8. The molecule has 3 nitrogen and oxygen atoms in total. The first kappa shape index (κ1) is 24.2. The van der Waals surface area contributed by atoms with E-state index in [9.17, 15) is 0 Å². The number of fused-ring (bicyclic) bond motifs is 3. The molecule has 0 saturated carbocycles. The second-order valence-electron chi connectivity index (χ2n) is 10.4. The highest BCUT2D eigenvalue weighted by Crippen LogP contribution is 2.41. The zero-order chi connectivity index (χ0) is 27.9. The smallest absolute Gasteiger partial charge is 0.164 e. The Morgan fingerprint density at radius 2 is 0.762 bits per heavy atom. The molecule has 7 aromatic carbocycles. The molecule has 0 radical (unpaired) electrons. The Labute approximate surface area is 243 Å². The van der Waals surface area contributed by atoms with Crippen molar-refractivity contribution in [2.45, 2.75) is 0 Å². The standard InChI is InChI=1S/C39H25N3/c1-2-15-29(16-3-1)37-40-38(34-23-11-18-27-13-5-8-20-31(27)34)42-39(41-37)35-25-24-28-14-6-9-21-32(28)36(35)33-22-10-17-26-12-4-7-19-30(26)33/h1-25H. The van der Waals surface area contributed by atoms with Crippen LogP contribution in [0.25, 0.3) is 77.6 Å². The summed E-state index contributed by atoms with van der Waals surface area (Å²) >= 11 is 0. The Kier molecular flexibility index (Phi) is 5.79. The average Bonchev–Trinajstić information content (AvgIpc) is 3.07. The van der Waals surface area contributed by atoms with Crippen LogP contribution in [0.1, 0.15) is 0 Å². The second-order valence-corrected chi connectivity index (χ2v) is 10.4. The SMILES string of the molecule is c1ccc(-c2nc(-c3ccc4ccccc4c3-c3cccc4ccccc34)nc(-c3cccc4ccccc34)n2)cc1. The van der Waals surface area contributed by atoms with Crippen molar-refractivity contribution >= 4 is 32.3 Å². The van der Waals surface area contributed by atoms with E-state index in [4.69, 9.17) is 15.0 Å². The molecule has 0 spiro atoms. The lowest BCUT2D eigenvalue weighted by Crippen LogP contribution is -2.02. The second kappa shape index (κ2) is 10.1. The van der Waals surface area contributed by atoms with Gasteiger partial charge in [0, 0.05) is 22.3 Å². The third kappa shape index (κ3) is 4.11. The number of hydrogen-bond acceptors (Lipinski definition) is 3. The Morgan fingerprint density at radius 1 is 0.286 bits per heavy atom. The molecule has 196 valence electrons. The Balaban J connectivity index is 1.46. The van der Waals surface area contributed by atoms with Crippen LogP contribution < -0.4 is 0 Å². The van der Waals surface area contributed by atoms with Gasteiger partial charge in [0.1, 0.15) is 0 Å². The number of nitrogens with zero attached hydrogens (tertiary/aromatic N) is 3. The number of hydrogen-bond donors (Lipinski definition) is 0. The third-order valence-corrected chi connectivity index (χ3v) is 7.93. The van der Waals surface area contributed by atoms with E-state index in [1.165, 1.54) is 21.5 Å². The molecule has 0 N–H and O–H groups in total. The molecule has 8 rings (SSSR count). The summed E-state index contributed by atoms with van der Waals surface area (Å²) in [5, 5.41) is 7.01. The number of benzene rings is 7. The van der Waals surface area contributed by atoms with E-state index in [0.29, 0.717) is 17.5 Å². The minimum absolute atomic E-state index is 0.653. The predicted molar refractivity (Wildman–Crippen MR) is 174 cm³/mol. The van der Waals surface area contributed by atoms with Crippen molar-refractivity contribution in [1.29, 1.82) is 0 Å². The molecule has 0 aliphatic carbocycles. The molecular weight excluding hydrogens is 510 g/mol. The summed E-state index contributed by atoms with van der Waals surface area (Å²) in [6.07, 6.45) is 0. The molecule has 42 heavy (non-hydrogen) atoms. The van der Waals surface area contributed by atoms with E-state index in [0.717, 1.165) is 38.6 Å². The zero-order valence-corrected chi connectivity index (χ0v) is 22.8. The van der Waals surface area contributed by atoms with Crippen molar-refractivity contribution in [2.75, 3.05) is 0 Å². The van der Waals surface area contributed by atoms with Crippen LogP contribution >= 0.6 is 0 Å². The highest BCUT2D eigenvalue weighted by Gasteiger charge is 2.19. The summed E-state index contributed by atoms with van der Waals surface area (Å²) in [4.78, 5) is 15.4. The summed E-state index contributed by atoms with van der Waals surface area (Å²) in [6.45, 7) is 0. The van der Waals surface area contributed by atoms with Crippen molar-refractivity contribution in [3.8, 4) is 45.3 Å². The fourth-order valence-corrected chi connectivity index (χ4v) is 5.95. The maximum Gasteiger partial charge on any atom is 0.164 e. The van der Waals surface area contributed by atoms with E-state index in [1.54, 1.807) is 0 Å². The average molecular weight is 536 g/mol. The molecule has 0 amide bonds. The molecule has 1 aromatic heterocycles. The van der Waals surface area contributed by atoms with Gasteiger partial charge in [0.2, 0.25) is 0 Å². The zero-order valence-electron chi connectivity index (χ0n) is 22.8. The molecule has 8 aromatic rings. The van der Waals surface area contributed by atoms with Crippen LogP contribution in [0, 0.1) is 0 Å². The molecule has 0 bridgehead atoms. The largest absolute Gasteiger partial charge is 0.208 e. The lowest BCUT2D eigenvalue weighted by atomic mass is 9.90. The topological polar surface area (TPSA) is 38.7 Å². The van der Waals surface area contributed by atoms with Gasteiger partial charge >= 0.3 is 0 Å². The Hall–Kier alpha value is -5.67. The summed E-state index contributed by atoms with van der Waals surface area (Å²) in [6, 6.07) is 52.8. The first-order valence-corrected chi connectivity index (χ1v) is 14.1. The molecule has 0 aliphatic rings. The lowest BCUT2D eigenvalue weighted by molar-refractivity contribution is 1.08.